The molecule has 0 fully saturated rings. The molecule has 0 amide bonds. The number of rotatable bonds is 6. The van der Waals surface area contributed by atoms with Crippen LogP contribution in [-0.2, 0) is 16.0 Å². The van der Waals surface area contributed by atoms with Crippen LogP contribution in [0.15, 0.2) is 35.4 Å². The molecule has 0 aromatic heterocycles. The molecule has 1 rings (SSSR count). The number of carbonyl (C=O) groups is 3. The molecule has 2 N–H and O–H groups in total. The third-order valence-corrected chi connectivity index (χ3v) is 2.89. The van der Waals surface area contributed by atoms with E-state index >= 15 is 0 Å². The highest BCUT2D eigenvalue weighted by molar-refractivity contribution is 5.99. The number of benzene rings is 1. The van der Waals surface area contributed by atoms with E-state index < -0.39 is 17.9 Å². The first-order valence-electron chi connectivity index (χ1n) is 6.10. The van der Waals surface area contributed by atoms with E-state index in [2.05, 4.69) is 0 Å². The van der Waals surface area contributed by atoms with Crippen LogP contribution in [0.25, 0.3) is 0 Å². The number of aldehydes is 1. The minimum Gasteiger partial charge on any atom is -0.478 e. The Morgan fingerprint density at radius 2 is 1.65 bits per heavy atom. The fourth-order valence-corrected chi connectivity index (χ4v) is 1.93. The van der Waals surface area contributed by atoms with E-state index in [0.29, 0.717) is 17.4 Å². The zero-order chi connectivity index (χ0) is 15.3. The maximum atomic E-state index is 11.3. The number of hydrogen-bond acceptors (Lipinski definition) is 3. The molecule has 0 heterocycles. The lowest BCUT2D eigenvalue weighted by Gasteiger charge is -2.12. The average molecular weight is 276 g/mol. The van der Waals surface area contributed by atoms with Crippen LogP contribution >= 0.6 is 0 Å². The summed E-state index contributed by atoms with van der Waals surface area (Å²) in [5, 5.41) is 18.4. The van der Waals surface area contributed by atoms with Crippen LogP contribution in [0.4, 0.5) is 0 Å². The van der Waals surface area contributed by atoms with Gasteiger partial charge in [0.2, 0.25) is 0 Å². The SMILES string of the molecule is CC(C)/C(C(=O)O)=C(\Cc1ccc(C=O)cc1)C(=O)O. The molecule has 20 heavy (non-hydrogen) atoms. The second kappa shape index (κ2) is 6.65. The summed E-state index contributed by atoms with van der Waals surface area (Å²) in [6.45, 7) is 3.28. The molecule has 0 aliphatic carbocycles. The molecule has 5 heteroatoms. The summed E-state index contributed by atoms with van der Waals surface area (Å²) >= 11 is 0. The number of carbonyl (C=O) groups excluding carboxylic acids is 1. The summed E-state index contributed by atoms with van der Waals surface area (Å²) in [5.74, 6) is -2.86. The predicted octanol–water partition coefficient (Wildman–Crippen LogP) is 2.16. The quantitative estimate of drug-likeness (QED) is 0.613. The predicted molar refractivity (Wildman–Crippen MR) is 72.7 cm³/mol. The van der Waals surface area contributed by atoms with Crippen molar-refractivity contribution >= 4 is 18.2 Å². The van der Waals surface area contributed by atoms with Crippen LogP contribution in [0.5, 0.6) is 0 Å². The van der Waals surface area contributed by atoms with E-state index in [-0.39, 0.29) is 17.6 Å². The highest BCUT2D eigenvalue weighted by Gasteiger charge is 2.22. The van der Waals surface area contributed by atoms with Gasteiger partial charge in [-0.15, -0.1) is 0 Å². The van der Waals surface area contributed by atoms with Crippen molar-refractivity contribution in [1.29, 1.82) is 0 Å². The summed E-state index contributed by atoms with van der Waals surface area (Å²) in [4.78, 5) is 33.1. The highest BCUT2D eigenvalue weighted by Crippen LogP contribution is 2.20. The fraction of sp³-hybridized carbons (Fsp3) is 0.267. The van der Waals surface area contributed by atoms with Gasteiger partial charge in [0.25, 0.3) is 0 Å². The Morgan fingerprint density at radius 1 is 1.10 bits per heavy atom. The Balaban J connectivity index is 3.20. The van der Waals surface area contributed by atoms with E-state index in [1.165, 1.54) is 0 Å². The maximum absolute atomic E-state index is 11.3. The molecular weight excluding hydrogens is 260 g/mol. The van der Waals surface area contributed by atoms with Crippen LogP contribution in [0, 0.1) is 5.92 Å². The molecule has 0 spiro atoms. The Kier molecular flexibility index (Phi) is 5.20. The normalized spacial score (nSPS) is 11.9. The molecule has 5 nitrogen and oxygen atoms in total. The Labute approximate surface area is 116 Å². The molecule has 0 aliphatic rings. The fourth-order valence-electron chi connectivity index (χ4n) is 1.93. The Morgan fingerprint density at radius 3 is 2.00 bits per heavy atom. The topological polar surface area (TPSA) is 91.7 Å². The lowest BCUT2D eigenvalue weighted by molar-refractivity contribution is -0.136. The number of carboxylic acid groups (broad SMARTS) is 2. The first-order chi connectivity index (χ1) is 9.36. The molecule has 0 saturated heterocycles. The van der Waals surface area contributed by atoms with Gasteiger partial charge in [0.05, 0.1) is 11.1 Å². The van der Waals surface area contributed by atoms with Crippen LogP contribution in [-0.4, -0.2) is 28.4 Å². The third kappa shape index (κ3) is 3.78. The van der Waals surface area contributed by atoms with Crippen molar-refractivity contribution in [2.45, 2.75) is 20.3 Å². The number of hydrogen-bond donors (Lipinski definition) is 2. The molecule has 106 valence electrons. The second-order valence-corrected chi connectivity index (χ2v) is 4.69. The highest BCUT2D eigenvalue weighted by atomic mass is 16.4. The standard InChI is InChI=1S/C15H16O5/c1-9(2)13(15(19)20)12(14(17)18)7-10-3-5-11(8-16)6-4-10/h3-6,8-9H,7H2,1-2H3,(H,17,18)(H,19,20)/b13-12-. The van der Waals surface area contributed by atoms with Crippen molar-refractivity contribution in [2.75, 3.05) is 0 Å². The van der Waals surface area contributed by atoms with Crippen molar-refractivity contribution in [2.24, 2.45) is 5.92 Å². The zero-order valence-electron chi connectivity index (χ0n) is 11.3. The molecule has 0 radical (unpaired) electrons. The van der Waals surface area contributed by atoms with Crippen LogP contribution < -0.4 is 0 Å². The van der Waals surface area contributed by atoms with Gasteiger partial charge in [-0.05, 0) is 11.5 Å². The minimum atomic E-state index is -1.24. The summed E-state index contributed by atoms with van der Waals surface area (Å²) in [6.07, 6.45) is 0.697. The third-order valence-electron chi connectivity index (χ3n) is 2.89. The van der Waals surface area contributed by atoms with Gasteiger partial charge in [-0.2, -0.15) is 0 Å². The summed E-state index contributed by atoms with van der Waals surface area (Å²) in [5.41, 5.74) is 0.896. The van der Waals surface area contributed by atoms with Gasteiger partial charge in [0.15, 0.2) is 0 Å². The molecular formula is C15H16O5. The minimum absolute atomic E-state index is 0.00822. The Bertz CT molecular complexity index is 552. The Hall–Kier alpha value is -2.43. The van der Waals surface area contributed by atoms with Gasteiger partial charge < -0.3 is 10.2 Å². The van der Waals surface area contributed by atoms with Gasteiger partial charge in [-0.3, -0.25) is 4.79 Å². The number of carboxylic acids is 2. The first-order valence-corrected chi connectivity index (χ1v) is 6.10. The molecule has 0 atom stereocenters. The van der Waals surface area contributed by atoms with Crippen molar-refractivity contribution in [3.05, 3.63) is 46.5 Å². The lowest BCUT2D eigenvalue weighted by Crippen LogP contribution is -2.17. The van der Waals surface area contributed by atoms with Gasteiger partial charge in [-0.1, -0.05) is 38.1 Å². The van der Waals surface area contributed by atoms with E-state index in [9.17, 15) is 19.5 Å². The maximum Gasteiger partial charge on any atom is 0.332 e. The van der Waals surface area contributed by atoms with Gasteiger partial charge >= 0.3 is 11.9 Å². The lowest BCUT2D eigenvalue weighted by atomic mass is 9.92. The summed E-state index contributed by atoms with van der Waals surface area (Å²) < 4.78 is 0. The second-order valence-electron chi connectivity index (χ2n) is 4.69. The first kappa shape index (κ1) is 15.6. The molecule has 0 saturated carbocycles. The molecule has 0 bridgehead atoms. The van der Waals surface area contributed by atoms with Crippen LogP contribution in [0.1, 0.15) is 29.8 Å². The van der Waals surface area contributed by atoms with E-state index in [1.807, 2.05) is 0 Å². The van der Waals surface area contributed by atoms with Crippen molar-refractivity contribution in [3.63, 3.8) is 0 Å². The van der Waals surface area contributed by atoms with E-state index in [0.717, 1.165) is 0 Å². The van der Waals surface area contributed by atoms with Gasteiger partial charge in [0, 0.05) is 12.0 Å². The molecule has 1 aromatic rings. The van der Waals surface area contributed by atoms with Crippen LogP contribution in [0.3, 0.4) is 0 Å². The van der Waals surface area contributed by atoms with Crippen molar-refractivity contribution in [3.8, 4) is 0 Å². The van der Waals surface area contributed by atoms with Crippen molar-refractivity contribution < 1.29 is 24.6 Å². The molecule has 1 aromatic carbocycles. The largest absolute Gasteiger partial charge is 0.478 e. The van der Waals surface area contributed by atoms with Gasteiger partial charge in [0.1, 0.15) is 6.29 Å². The number of aliphatic carboxylic acids is 2. The van der Waals surface area contributed by atoms with Crippen molar-refractivity contribution in [1.82, 2.24) is 0 Å². The smallest absolute Gasteiger partial charge is 0.332 e. The average Bonchev–Trinajstić information content (AvgIpc) is 2.37. The zero-order valence-corrected chi connectivity index (χ0v) is 11.3. The van der Waals surface area contributed by atoms with E-state index in [4.69, 9.17) is 5.11 Å². The summed E-state index contributed by atoms with van der Waals surface area (Å²) in [6, 6.07) is 6.37. The molecule has 0 unspecified atom stereocenters. The molecule has 0 aliphatic heterocycles. The summed E-state index contributed by atoms with van der Waals surface area (Å²) in [7, 11) is 0. The monoisotopic (exact) mass is 276 g/mol. The van der Waals surface area contributed by atoms with Gasteiger partial charge in [-0.25, -0.2) is 9.59 Å². The van der Waals surface area contributed by atoms with E-state index in [1.54, 1.807) is 38.1 Å². The van der Waals surface area contributed by atoms with Crippen LogP contribution in [0.2, 0.25) is 0 Å².